The van der Waals surface area contributed by atoms with Gasteiger partial charge >= 0.3 is 0 Å². The fourth-order valence-corrected chi connectivity index (χ4v) is 0.874. The van der Waals surface area contributed by atoms with Crippen LogP contribution < -0.4 is 11.1 Å². The van der Waals surface area contributed by atoms with Crippen LogP contribution in [0.3, 0.4) is 0 Å². The molecule has 0 aliphatic rings. The summed E-state index contributed by atoms with van der Waals surface area (Å²) in [5.41, 5.74) is 5.31. The van der Waals surface area contributed by atoms with Crippen molar-refractivity contribution in [1.29, 1.82) is 0 Å². The first-order chi connectivity index (χ1) is 6.15. The summed E-state index contributed by atoms with van der Waals surface area (Å²) < 4.78 is 4.85. The van der Waals surface area contributed by atoms with Gasteiger partial charge in [-0.15, -0.1) is 12.3 Å². The van der Waals surface area contributed by atoms with E-state index in [9.17, 15) is 4.79 Å². The number of amides is 1. The predicted molar refractivity (Wildman–Crippen MR) is 50.9 cm³/mol. The zero-order valence-corrected chi connectivity index (χ0v) is 8.04. The number of rotatable bonds is 5. The standard InChI is InChI=1S/C9H16N2O2/c1-4-5-7(2)11-9(12)8(6-10)13-3/h1,7-8H,5-6,10H2,2-3H3,(H,11,12). The van der Waals surface area contributed by atoms with Crippen LogP contribution in [0.5, 0.6) is 0 Å². The number of nitrogens with one attached hydrogen (secondary N) is 1. The van der Waals surface area contributed by atoms with E-state index < -0.39 is 6.10 Å². The van der Waals surface area contributed by atoms with E-state index in [2.05, 4.69) is 11.2 Å². The van der Waals surface area contributed by atoms with Crippen LogP contribution in [0.15, 0.2) is 0 Å². The van der Waals surface area contributed by atoms with E-state index in [0.717, 1.165) is 0 Å². The third-order valence-electron chi connectivity index (χ3n) is 1.60. The van der Waals surface area contributed by atoms with Gasteiger partial charge in [0, 0.05) is 26.1 Å². The molecule has 3 N–H and O–H groups in total. The van der Waals surface area contributed by atoms with E-state index in [1.807, 2.05) is 6.92 Å². The third-order valence-corrected chi connectivity index (χ3v) is 1.60. The second-order valence-corrected chi connectivity index (χ2v) is 2.78. The second kappa shape index (κ2) is 6.46. The molecule has 0 heterocycles. The lowest BCUT2D eigenvalue weighted by atomic mass is 10.2. The van der Waals surface area contributed by atoms with Crippen LogP contribution in [0.2, 0.25) is 0 Å². The first-order valence-electron chi connectivity index (χ1n) is 4.12. The van der Waals surface area contributed by atoms with Gasteiger partial charge in [0.2, 0.25) is 0 Å². The first-order valence-corrected chi connectivity index (χ1v) is 4.12. The molecule has 0 aliphatic carbocycles. The van der Waals surface area contributed by atoms with Crippen molar-refractivity contribution in [3.05, 3.63) is 0 Å². The lowest BCUT2D eigenvalue weighted by molar-refractivity contribution is -0.131. The van der Waals surface area contributed by atoms with Gasteiger partial charge < -0.3 is 15.8 Å². The molecule has 0 saturated carbocycles. The average Bonchev–Trinajstić information content (AvgIpc) is 2.06. The summed E-state index contributed by atoms with van der Waals surface area (Å²) in [6.07, 6.45) is 5.01. The molecule has 0 saturated heterocycles. The van der Waals surface area contributed by atoms with E-state index in [-0.39, 0.29) is 18.5 Å². The number of nitrogens with two attached hydrogens (primary N) is 1. The van der Waals surface area contributed by atoms with Crippen LogP contribution >= 0.6 is 0 Å². The Morgan fingerprint density at radius 1 is 1.77 bits per heavy atom. The van der Waals surface area contributed by atoms with Crippen molar-refractivity contribution in [3.8, 4) is 12.3 Å². The number of hydrogen-bond acceptors (Lipinski definition) is 3. The molecule has 0 fully saturated rings. The van der Waals surface area contributed by atoms with Gasteiger partial charge in [0.05, 0.1) is 0 Å². The van der Waals surface area contributed by atoms with E-state index >= 15 is 0 Å². The van der Waals surface area contributed by atoms with E-state index in [1.165, 1.54) is 7.11 Å². The largest absolute Gasteiger partial charge is 0.370 e. The van der Waals surface area contributed by atoms with E-state index in [0.29, 0.717) is 6.42 Å². The summed E-state index contributed by atoms with van der Waals surface area (Å²) in [6, 6.07) is -0.0401. The third kappa shape index (κ3) is 4.51. The zero-order chi connectivity index (χ0) is 10.3. The minimum absolute atomic E-state index is 0.0401. The second-order valence-electron chi connectivity index (χ2n) is 2.78. The molecule has 0 radical (unpaired) electrons. The van der Waals surface area contributed by atoms with Crippen LogP contribution in [-0.2, 0) is 9.53 Å². The molecule has 74 valence electrons. The lowest BCUT2D eigenvalue weighted by Crippen LogP contribution is -2.44. The smallest absolute Gasteiger partial charge is 0.250 e. The average molecular weight is 184 g/mol. The minimum Gasteiger partial charge on any atom is -0.370 e. The summed E-state index contributed by atoms with van der Waals surface area (Å²) >= 11 is 0. The van der Waals surface area contributed by atoms with Crippen molar-refractivity contribution >= 4 is 5.91 Å². The molecule has 0 aliphatic heterocycles. The molecular formula is C9H16N2O2. The van der Waals surface area contributed by atoms with Crippen molar-refractivity contribution in [1.82, 2.24) is 5.32 Å². The van der Waals surface area contributed by atoms with Gasteiger partial charge in [0.15, 0.2) is 0 Å². The number of carbonyl (C=O) groups is 1. The molecule has 0 bridgehead atoms. The highest BCUT2D eigenvalue weighted by Gasteiger charge is 2.16. The molecule has 2 atom stereocenters. The summed E-state index contributed by atoms with van der Waals surface area (Å²) in [6.45, 7) is 2.01. The highest BCUT2D eigenvalue weighted by Crippen LogP contribution is 1.92. The number of methoxy groups -OCH3 is 1. The molecule has 0 aromatic rings. The van der Waals surface area contributed by atoms with Crippen LogP contribution in [0.1, 0.15) is 13.3 Å². The van der Waals surface area contributed by atoms with Crippen molar-refractivity contribution in [3.63, 3.8) is 0 Å². The Kier molecular flexibility index (Phi) is 5.94. The normalized spacial score (nSPS) is 14.3. The van der Waals surface area contributed by atoms with Crippen molar-refractivity contribution in [2.75, 3.05) is 13.7 Å². The number of carbonyl (C=O) groups excluding carboxylic acids is 1. The molecule has 1 amide bonds. The fraction of sp³-hybridized carbons (Fsp3) is 0.667. The van der Waals surface area contributed by atoms with Crippen molar-refractivity contribution in [2.24, 2.45) is 5.73 Å². The first kappa shape index (κ1) is 11.9. The van der Waals surface area contributed by atoms with Crippen LogP contribution in [0.25, 0.3) is 0 Å². The Morgan fingerprint density at radius 3 is 2.77 bits per heavy atom. The summed E-state index contributed by atoms with van der Waals surface area (Å²) in [4.78, 5) is 11.3. The minimum atomic E-state index is -0.583. The van der Waals surface area contributed by atoms with Gasteiger partial charge in [-0.2, -0.15) is 0 Å². The predicted octanol–water partition coefficient (Wildman–Crippen LogP) is -0.512. The number of ether oxygens (including phenoxy) is 1. The highest BCUT2D eigenvalue weighted by molar-refractivity contribution is 5.81. The number of hydrogen-bond donors (Lipinski definition) is 2. The molecular weight excluding hydrogens is 168 g/mol. The van der Waals surface area contributed by atoms with Crippen LogP contribution in [0.4, 0.5) is 0 Å². The quantitative estimate of drug-likeness (QED) is 0.565. The topological polar surface area (TPSA) is 64.4 Å². The number of terminal acetylenes is 1. The van der Waals surface area contributed by atoms with Crippen LogP contribution in [0, 0.1) is 12.3 Å². The Hall–Kier alpha value is -1.05. The maximum absolute atomic E-state index is 11.3. The van der Waals surface area contributed by atoms with Gasteiger partial charge in [-0.25, -0.2) is 0 Å². The van der Waals surface area contributed by atoms with E-state index in [4.69, 9.17) is 16.9 Å². The van der Waals surface area contributed by atoms with Gasteiger partial charge in [0.25, 0.3) is 5.91 Å². The monoisotopic (exact) mass is 184 g/mol. The van der Waals surface area contributed by atoms with Crippen LogP contribution in [-0.4, -0.2) is 31.7 Å². The zero-order valence-electron chi connectivity index (χ0n) is 8.04. The van der Waals surface area contributed by atoms with Gasteiger partial charge in [-0.1, -0.05) is 0 Å². The lowest BCUT2D eigenvalue weighted by Gasteiger charge is -2.16. The maximum atomic E-state index is 11.3. The maximum Gasteiger partial charge on any atom is 0.250 e. The summed E-state index contributed by atoms with van der Waals surface area (Å²) in [5, 5.41) is 2.70. The van der Waals surface area contributed by atoms with Crippen molar-refractivity contribution < 1.29 is 9.53 Å². The van der Waals surface area contributed by atoms with Crippen molar-refractivity contribution in [2.45, 2.75) is 25.5 Å². The Labute approximate surface area is 78.8 Å². The Bertz CT molecular complexity index is 194. The molecule has 2 unspecified atom stereocenters. The molecule has 4 nitrogen and oxygen atoms in total. The molecule has 0 aromatic carbocycles. The van der Waals surface area contributed by atoms with Gasteiger partial charge in [0.1, 0.15) is 6.10 Å². The summed E-state index contributed by atoms with van der Waals surface area (Å²) in [5.74, 6) is 2.25. The highest BCUT2D eigenvalue weighted by atomic mass is 16.5. The molecule has 0 rings (SSSR count). The summed E-state index contributed by atoms with van der Waals surface area (Å²) in [7, 11) is 1.45. The molecule has 13 heavy (non-hydrogen) atoms. The van der Waals surface area contributed by atoms with E-state index in [1.54, 1.807) is 0 Å². The SMILES string of the molecule is C#CCC(C)NC(=O)C(CN)OC. The molecule has 0 aromatic heterocycles. The van der Waals surface area contributed by atoms with Gasteiger partial charge in [-0.05, 0) is 6.92 Å². The molecule has 0 spiro atoms. The van der Waals surface area contributed by atoms with Gasteiger partial charge in [-0.3, -0.25) is 4.79 Å². The Morgan fingerprint density at radius 2 is 2.38 bits per heavy atom. The fourth-order valence-electron chi connectivity index (χ4n) is 0.874. The Balaban J connectivity index is 3.91. The molecule has 4 heteroatoms.